The molecule has 1 aromatic rings. The average molecular weight is 294 g/mol. The zero-order chi connectivity index (χ0) is 15.8. The zero-order valence-electron chi connectivity index (χ0n) is 13.4. The monoisotopic (exact) mass is 294 g/mol. The van der Waals surface area contributed by atoms with Gasteiger partial charge >= 0.3 is 5.97 Å². The second-order valence-electron chi connectivity index (χ2n) is 5.15. The summed E-state index contributed by atoms with van der Waals surface area (Å²) >= 11 is 0. The molecule has 0 aliphatic heterocycles. The number of esters is 1. The van der Waals surface area contributed by atoms with E-state index in [9.17, 15) is 4.79 Å². The van der Waals surface area contributed by atoms with Gasteiger partial charge in [-0.15, -0.1) is 0 Å². The molecule has 0 saturated carbocycles. The fraction of sp³-hybridized carbons (Fsp3) is 0.562. The third kappa shape index (κ3) is 5.36. The molecule has 0 atom stereocenters. The van der Waals surface area contributed by atoms with Crippen LogP contribution in [0.5, 0.6) is 5.75 Å². The van der Waals surface area contributed by atoms with Crippen molar-refractivity contribution in [2.45, 2.75) is 39.9 Å². The highest BCUT2D eigenvalue weighted by Gasteiger charge is 2.17. The molecule has 0 heterocycles. The summed E-state index contributed by atoms with van der Waals surface area (Å²) in [6.45, 7) is 7.69. The number of nitrogens with two attached hydrogens (primary N) is 1. The molecule has 5 heteroatoms. The maximum absolute atomic E-state index is 11.7. The van der Waals surface area contributed by atoms with E-state index >= 15 is 0 Å². The topological polar surface area (TPSA) is 64.8 Å². The third-order valence-electron chi connectivity index (χ3n) is 3.32. The van der Waals surface area contributed by atoms with Crippen LogP contribution in [-0.4, -0.2) is 37.2 Å². The Bertz CT molecular complexity index is 461. The van der Waals surface area contributed by atoms with Gasteiger partial charge in [0.2, 0.25) is 0 Å². The van der Waals surface area contributed by atoms with E-state index < -0.39 is 0 Å². The second kappa shape index (κ2) is 8.64. The van der Waals surface area contributed by atoms with Crippen LogP contribution in [0.3, 0.4) is 0 Å². The summed E-state index contributed by atoms with van der Waals surface area (Å²) in [4.78, 5) is 13.8. The lowest BCUT2D eigenvalue weighted by atomic mass is 10.1. The van der Waals surface area contributed by atoms with Gasteiger partial charge in [-0.2, -0.15) is 0 Å². The summed E-state index contributed by atoms with van der Waals surface area (Å²) in [6, 6.07) is 6.12. The van der Waals surface area contributed by atoms with Gasteiger partial charge in [-0.25, -0.2) is 0 Å². The third-order valence-corrected chi connectivity index (χ3v) is 3.32. The quantitative estimate of drug-likeness (QED) is 0.742. The highest BCUT2D eigenvalue weighted by molar-refractivity contribution is 5.71. The van der Waals surface area contributed by atoms with E-state index in [1.807, 2.05) is 25.1 Å². The Morgan fingerprint density at radius 2 is 2.10 bits per heavy atom. The smallest absolute Gasteiger partial charge is 0.320 e. The van der Waals surface area contributed by atoms with Crippen LogP contribution in [0.1, 0.15) is 31.9 Å². The summed E-state index contributed by atoms with van der Waals surface area (Å²) in [5.41, 5.74) is 7.77. The first-order valence-electron chi connectivity index (χ1n) is 7.27. The van der Waals surface area contributed by atoms with Gasteiger partial charge < -0.3 is 15.2 Å². The second-order valence-corrected chi connectivity index (χ2v) is 5.15. The van der Waals surface area contributed by atoms with Crippen molar-refractivity contribution in [3.05, 3.63) is 29.3 Å². The first-order chi connectivity index (χ1) is 10.0. The van der Waals surface area contributed by atoms with Gasteiger partial charge in [0.25, 0.3) is 0 Å². The lowest BCUT2D eigenvalue weighted by Crippen LogP contribution is -2.36. The Balaban J connectivity index is 2.89. The van der Waals surface area contributed by atoms with Crippen LogP contribution < -0.4 is 10.5 Å². The Morgan fingerprint density at radius 1 is 1.38 bits per heavy atom. The summed E-state index contributed by atoms with van der Waals surface area (Å²) in [7, 11) is 1.64. The van der Waals surface area contributed by atoms with Crippen LogP contribution in [-0.2, 0) is 22.6 Å². The molecule has 2 N–H and O–H groups in total. The van der Waals surface area contributed by atoms with Crippen LogP contribution in [0, 0.1) is 0 Å². The molecule has 0 fully saturated rings. The average Bonchev–Trinajstić information content (AvgIpc) is 2.46. The minimum Gasteiger partial charge on any atom is -0.496 e. The summed E-state index contributed by atoms with van der Waals surface area (Å²) in [5, 5.41) is 0. The number of carbonyl (C=O) groups excluding carboxylic acids is 1. The van der Waals surface area contributed by atoms with Gasteiger partial charge in [0, 0.05) is 24.7 Å². The maximum Gasteiger partial charge on any atom is 0.320 e. The largest absolute Gasteiger partial charge is 0.496 e. The minimum absolute atomic E-state index is 0.208. The van der Waals surface area contributed by atoms with Crippen LogP contribution in [0.4, 0.5) is 0 Å². The highest BCUT2D eigenvalue weighted by Crippen LogP contribution is 2.22. The number of methoxy groups -OCH3 is 1. The van der Waals surface area contributed by atoms with Crippen molar-refractivity contribution in [2.24, 2.45) is 5.73 Å². The van der Waals surface area contributed by atoms with Crippen LogP contribution in [0.25, 0.3) is 0 Å². The van der Waals surface area contributed by atoms with Crippen molar-refractivity contribution < 1.29 is 14.3 Å². The van der Waals surface area contributed by atoms with Crippen molar-refractivity contribution in [1.29, 1.82) is 0 Å². The van der Waals surface area contributed by atoms with E-state index in [2.05, 4.69) is 18.7 Å². The SMILES string of the molecule is CCOC(=O)CN(Cc1cc(CN)ccc1OC)C(C)C. The number of ether oxygens (including phenoxy) is 2. The maximum atomic E-state index is 11.7. The number of hydrogen-bond donors (Lipinski definition) is 1. The van der Waals surface area contributed by atoms with E-state index in [0.717, 1.165) is 16.9 Å². The van der Waals surface area contributed by atoms with Gasteiger partial charge in [-0.1, -0.05) is 6.07 Å². The summed E-state index contributed by atoms with van der Waals surface area (Å²) < 4.78 is 10.4. The molecule has 5 nitrogen and oxygen atoms in total. The zero-order valence-corrected chi connectivity index (χ0v) is 13.4. The van der Waals surface area contributed by atoms with Crippen molar-refractivity contribution in [2.75, 3.05) is 20.3 Å². The van der Waals surface area contributed by atoms with Gasteiger partial charge in [0.15, 0.2) is 0 Å². The molecule has 0 radical (unpaired) electrons. The molecule has 1 aromatic carbocycles. The molecule has 0 amide bonds. The molecular formula is C16H26N2O3. The van der Waals surface area contributed by atoms with Crippen molar-refractivity contribution >= 4 is 5.97 Å². The molecule has 0 spiro atoms. The van der Waals surface area contributed by atoms with E-state index in [4.69, 9.17) is 15.2 Å². The highest BCUT2D eigenvalue weighted by atomic mass is 16.5. The molecule has 0 aliphatic rings. The number of benzene rings is 1. The Kier molecular flexibility index (Phi) is 7.19. The van der Waals surface area contributed by atoms with Gasteiger partial charge in [0.1, 0.15) is 5.75 Å². The lowest BCUT2D eigenvalue weighted by molar-refractivity contribution is -0.145. The molecular weight excluding hydrogens is 268 g/mol. The molecule has 118 valence electrons. The van der Waals surface area contributed by atoms with Crippen molar-refractivity contribution in [3.8, 4) is 5.75 Å². The Labute approximate surface area is 127 Å². The number of rotatable bonds is 8. The predicted molar refractivity (Wildman–Crippen MR) is 83.1 cm³/mol. The lowest BCUT2D eigenvalue weighted by Gasteiger charge is -2.26. The molecule has 1 rings (SSSR count). The molecule has 0 bridgehead atoms. The number of nitrogens with zero attached hydrogens (tertiary/aromatic N) is 1. The van der Waals surface area contributed by atoms with Gasteiger partial charge in [-0.05, 0) is 38.5 Å². The molecule has 0 unspecified atom stereocenters. The normalized spacial score (nSPS) is 11.0. The Hall–Kier alpha value is -1.59. The molecule has 0 saturated heterocycles. The van der Waals surface area contributed by atoms with Crippen molar-refractivity contribution in [3.63, 3.8) is 0 Å². The predicted octanol–water partition coefficient (Wildman–Crippen LogP) is 1.93. The number of carbonyl (C=O) groups is 1. The molecule has 0 aliphatic carbocycles. The van der Waals surface area contributed by atoms with Gasteiger partial charge in [0.05, 0.1) is 20.3 Å². The number of hydrogen-bond acceptors (Lipinski definition) is 5. The van der Waals surface area contributed by atoms with Crippen LogP contribution >= 0.6 is 0 Å². The summed E-state index contributed by atoms with van der Waals surface area (Å²) in [6.07, 6.45) is 0. The first-order valence-corrected chi connectivity index (χ1v) is 7.27. The van der Waals surface area contributed by atoms with E-state index in [0.29, 0.717) is 19.7 Å². The Morgan fingerprint density at radius 3 is 2.62 bits per heavy atom. The summed E-state index contributed by atoms with van der Waals surface area (Å²) in [5.74, 6) is 0.599. The van der Waals surface area contributed by atoms with E-state index in [1.54, 1.807) is 7.11 Å². The van der Waals surface area contributed by atoms with Crippen LogP contribution in [0.15, 0.2) is 18.2 Å². The molecule has 0 aromatic heterocycles. The van der Waals surface area contributed by atoms with E-state index in [-0.39, 0.29) is 18.6 Å². The fourth-order valence-corrected chi connectivity index (χ4v) is 2.09. The minimum atomic E-state index is -0.208. The van der Waals surface area contributed by atoms with Gasteiger partial charge in [-0.3, -0.25) is 9.69 Å². The van der Waals surface area contributed by atoms with E-state index in [1.165, 1.54) is 0 Å². The fourth-order valence-electron chi connectivity index (χ4n) is 2.09. The van der Waals surface area contributed by atoms with Crippen molar-refractivity contribution in [1.82, 2.24) is 4.90 Å². The molecule has 21 heavy (non-hydrogen) atoms. The first kappa shape index (κ1) is 17.5. The van der Waals surface area contributed by atoms with Crippen LogP contribution in [0.2, 0.25) is 0 Å². The standard InChI is InChI=1S/C16H26N2O3/c1-5-21-16(19)11-18(12(2)3)10-14-8-13(9-17)6-7-15(14)20-4/h6-8,12H,5,9-11,17H2,1-4H3.